The molecule has 2 heterocycles. The summed E-state index contributed by atoms with van der Waals surface area (Å²) in [6.45, 7) is 1.73. The molecule has 1 atom stereocenters. The van der Waals surface area contributed by atoms with Gasteiger partial charge in [-0.3, -0.25) is 4.79 Å². The molecule has 0 bridgehead atoms. The van der Waals surface area contributed by atoms with E-state index >= 15 is 0 Å². The molecule has 1 aromatic heterocycles. The maximum absolute atomic E-state index is 12.3. The summed E-state index contributed by atoms with van der Waals surface area (Å²) in [6, 6.07) is 10.0. The van der Waals surface area contributed by atoms with Crippen molar-refractivity contribution in [1.82, 2.24) is 10.6 Å². The number of hydrogen-bond donors (Lipinski definition) is 3. The fraction of sp³-hybridized carbons (Fsp3) is 0.429. The second-order valence-electron chi connectivity index (χ2n) is 7.13. The summed E-state index contributed by atoms with van der Waals surface area (Å²) < 4.78 is 34.5. The van der Waals surface area contributed by atoms with Gasteiger partial charge in [-0.25, -0.2) is 4.99 Å². The van der Waals surface area contributed by atoms with Crippen LogP contribution in [0.3, 0.4) is 0 Å². The minimum absolute atomic E-state index is 0.107. The van der Waals surface area contributed by atoms with Crippen LogP contribution in [0.4, 0.5) is 14.5 Å². The third-order valence-electron chi connectivity index (χ3n) is 4.83. The Morgan fingerprint density at radius 3 is 2.74 bits per heavy atom. The van der Waals surface area contributed by atoms with E-state index in [1.165, 1.54) is 6.07 Å². The van der Waals surface area contributed by atoms with E-state index in [2.05, 4.69) is 25.3 Å². The van der Waals surface area contributed by atoms with Gasteiger partial charge in [0.15, 0.2) is 11.7 Å². The summed E-state index contributed by atoms with van der Waals surface area (Å²) in [6.07, 6.45) is 1.95. The predicted octanol–water partition coefficient (Wildman–Crippen LogP) is 2.70. The molecular formula is C21H27F2N5O3. The molecule has 0 aliphatic carbocycles. The van der Waals surface area contributed by atoms with Gasteiger partial charge >= 0.3 is 6.61 Å². The van der Waals surface area contributed by atoms with E-state index in [1.807, 2.05) is 6.92 Å². The number of halogens is 2. The van der Waals surface area contributed by atoms with Crippen molar-refractivity contribution in [3.63, 3.8) is 0 Å². The van der Waals surface area contributed by atoms with Crippen LogP contribution in [0.5, 0.6) is 5.75 Å². The van der Waals surface area contributed by atoms with Gasteiger partial charge in [-0.05, 0) is 56.2 Å². The molecular weight excluding hydrogens is 408 g/mol. The zero-order chi connectivity index (χ0) is 22.2. The number of nitrogens with two attached hydrogens (primary N) is 1. The van der Waals surface area contributed by atoms with Crippen LogP contribution >= 0.6 is 0 Å². The molecule has 1 unspecified atom stereocenters. The van der Waals surface area contributed by atoms with Gasteiger partial charge in [-0.2, -0.15) is 8.78 Å². The average molecular weight is 435 g/mol. The minimum Gasteiger partial charge on any atom is -0.454 e. The molecule has 10 heteroatoms. The summed E-state index contributed by atoms with van der Waals surface area (Å²) in [5.41, 5.74) is 6.16. The number of anilines is 1. The number of nitrogens with zero attached hydrogens (tertiary/aromatic N) is 2. The highest BCUT2D eigenvalue weighted by Gasteiger charge is 2.21. The van der Waals surface area contributed by atoms with Gasteiger partial charge in [0.1, 0.15) is 18.1 Å². The average Bonchev–Trinajstić information content (AvgIpc) is 3.22. The molecule has 1 amide bonds. The Labute approximate surface area is 179 Å². The third kappa shape index (κ3) is 6.59. The number of primary amides is 1. The van der Waals surface area contributed by atoms with Crippen LogP contribution in [0, 0.1) is 0 Å². The maximum Gasteiger partial charge on any atom is 0.387 e. The molecule has 1 saturated heterocycles. The van der Waals surface area contributed by atoms with Crippen molar-refractivity contribution < 1.29 is 22.7 Å². The number of carbonyl (C=O) groups excluding carboxylic acids is 1. The van der Waals surface area contributed by atoms with Crippen molar-refractivity contribution in [2.45, 2.75) is 39.0 Å². The first-order valence-corrected chi connectivity index (χ1v) is 10.2. The molecule has 31 heavy (non-hydrogen) atoms. The number of nitrogens with one attached hydrogen (secondary N) is 2. The van der Waals surface area contributed by atoms with Gasteiger partial charge in [0.25, 0.3) is 5.91 Å². The molecule has 8 nitrogen and oxygen atoms in total. The molecule has 168 valence electrons. The quantitative estimate of drug-likeness (QED) is 0.435. The molecule has 0 saturated carbocycles. The van der Waals surface area contributed by atoms with Gasteiger partial charge in [0.2, 0.25) is 0 Å². The molecule has 3 rings (SSSR count). The van der Waals surface area contributed by atoms with Crippen LogP contribution in [0.2, 0.25) is 0 Å². The van der Waals surface area contributed by atoms with Crippen molar-refractivity contribution in [2.24, 2.45) is 10.7 Å². The van der Waals surface area contributed by atoms with Gasteiger partial charge in [0.05, 0.1) is 0 Å². The molecule has 2 aromatic rings. The molecule has 4 N–H and O–H groups in total. The van der Waals surface area contributed by atoms with E-state index in [-0.39, 0.29) is 24.1 Å². The predicted molar refractivity (Wildman–Crippen MR) is 113 cm³/mol. The Kier molecular flexibility index (Phi) is 7.69. The lowest BCUT2D eigenvalue weighted by Gasteiger charge is -2.35. The van der Waals surface area contributed by atoms with E-state index in [1.54, 1.807) is 30.3 Å². The normalized spacial score (nSPS) is 17.0. The fourth-order valence-corrected chi connectivity index (χ4v) is 3.43. The Hall–Kier alpha value is -3.30. The van der Waals surface area contributed by atoms with Gasteiger partial charge in [0, 0.05) is 31.4 Å². The molecule has 1 aliphatic rings. The van der Waals surface area contributed by atoms with Gasteiger partial charge in [-0.1, -0.05) is 0 Å². The first kappa shape index (κ1) is 22.4. The number of carbonyl (C=O) groups is 1. The number of guanidine groups is 1. The number of alkyl halides is 2. The number of piperidine rings is 1. The molecule has 0 spiro atoms. The van der Waals surface area contributed by atoms with Crippen LogP contribution < -0.4 is 26.0 Å². The lowest BCUT2D eigenvalue weighted by Crippen LogP contribution is -2.51. The number of ether oxygens (including phenoxy) is 1. The maximum atomic E-state index is 12.3. The summed E-state index contributed by atoms with van der Waals surface area (Å²) >= 11 is 0. The zero-order valence-electron chi connectivity index (χ0n) is 17.3. The van der Waals surface area contributed by atoms with Crippen molar-refractivity contribution in [2.75, 3.05) is 24.5 Å². The molecule has 1 aliphatic heterocycles. The second-order valence-corrected chi connectivity index (χ2v) is 7.13. The highest BCUT2D eigenvalue weighted by atomic mass is 19.3. The van der Waals surface area contributed by atoms with Gasteiger partial charge < -0.3 is 30.4 Å². The van der Waals surface area contributed by atoms with Crippen LogP contribution in [0.1, 0.15) is 36.1 Å². The number of aliphatic imine (C=N–C) groups is 1. The highest BCUT2D eigenvalue weighted by molar-refractivity contribution is 5.89. The third-order valence-corrected chi connectivity index (χ3v) is 4.83. The zero-order valence-corrected chi connectivity index (χ0v) is 17.3. The Morgan fingerprint density at radius 2 is 2.10 bits per heavy atom. The number of rotatable bonds is 8. The fourth-order valence-electron chi connectivity index (χ4n) is 3.43. The van der Waals surface area contributed by atoms with E-state index in [0.29, 0.717) is 18.3 Å². The smallest absolute Gasteiger partial charge is 0.387 e. The van der Waals surface area contributed by atoms with E-state index in [0.717, 1.165) is 31.6 Å². The molecule has 0 radical (unpaired) electrons. The summed E-state index contributed by atoms with van der Waals surface area (Å²) in [7, 11) is 0. The van der Waals surface area contributed by atoms with Gasteiger partial charge in [-0.15, -0.1) is 0 Å². The summed E-state index contributed by atoms with van der Waals surface area (Å²) in [5.74, 6) is 0.825. The topological polar surface area (TPSA) is 105 Å². The van der Waals surface area contributed by atoms with E-state index < -0.39 is 12.5 Å². The Morgan fingerprint density at radius 1 is 1.32 bits per heavy atom. The van der Waals surface area contributed by atoms with Crippen LogP contribution in [0.25, 0.3) is 0 Å². The van der Waals surface area contributed by atoms with Crippen molar-refractivity contribution in [1.29, 1.82) is 0 Å². The highest BCUT2D eigenvalue weighted by Crippen LogP contribution is 2.24. The number of hydrogen-bond acceptors (Lipinski definition) is 5. The Balaban J connectivity index is 1.60. The number of furan rings is 1. The van der Waals surface area contributed by atoms with E-state index in [4.69, 9.17) is 10.2 Å². The van der Waals surface area contributed by atoms with Crippen LogP contribution in [0.15, 0.2) is 45.8 Å². The van der Waals surface area contributed by atoms with Crippen molar-refractivity contribution in [3.05, 3.63) is 47.9 Å². The lowest BCUT2D eigenvalue weighted by molar-refractivity contribution is -0.0498. The monoisotopic (exact) mass is 435 g/mol. The van der Waals surface area contributed by atoms with Crippen LogP contribution in [-0.4, -0.2) is 44.2 Å². The first-order chi connectivity index (χ1) is 14.9. The standard InChI is InChI=1S/C21H27F2N5O3/c1-2-25-21(26-12-17-9-10-18(30-17)19(24)29)27-14-4-3-11-28(13-14)15-5-7-16(8-6-15)31-20(22)23/h5-10,14,20H,2-4,11-13H2,1H3,(H2,24,29)(H2,25,26,27). The van der Waals surface area contributed by atoms with Crippen molar-refractivity contribution in [3.8, 4) is 5.75 Å². The summed E-state index contributed by atoms with van der Waals surface area (Å²) in [5, 5.41) is 6.64. The largest absolute Gasteiger partial charge is 0.454 e. The lowest BCUT2D eigenvalue weighted by atomic mass is 10.0. The number of amides is 1. The minimum atomic E-state index is -2.83. The molecule has 1 fully saturated rings. The van der Waals surface area contributed by atoms with E-state index in [9.17, 15) is 13.6 Å². The van der Waals surface area contributed by atoms with Crippen molar-refractivity contribution >= 4 is 17.6 Å². The molecule has 1 aromatic carbocycles. The first-order valence-electron chi connectivity index (χ1n) is 10.2. The Bertz CT molecular complexity index is 885. The SMILES string of the molecule is CCNC(=NCc1ccc(C(N)=O)o1)NC1CCCN(c2ccc(OC(F)F)cc2)C1. The summed E-state index contributed by atoms with van der Waals surface area (Å²) in [4.78, 5) is 17.9. The van der Waals surface area contributed by atoms with Crippen LogP contribution in [-0.2, 0) is 6.54 Å². The number of benzene rings is 1. The second kappa shape index (κ2) is 10.6.